The van der Waals surface area contributed by atoms with E-state index in [1.165, 1.54) is 53.1 Å². The summed E-state index contributed by atoms with van der Waals surface area (Å²) in [5.41, 5.74) is 4.87. The van der Waals surface area contributed by atoms with Crippen molar-refractivity contribution in [3.63, 3.8) is 0 Å². The Balaban J connectivity index is 1.20. The minimum absolute atomic E-state index is 0.157. The zero-order chi connectivity index (χ0) is 29.9. The Morgan fingerprint density at radius 3 is 1.62 bits per heavy atom. The van der Waals surface area contributed by atoms with Gasteiger partial charge in [-0.05, 0) is 64.2 Å². The SMILES string of the molecule is O=c1[nH]c2cc(-c3ccc(COCc4ccc(OC(F)(F)F)cc4)cc3)ccc2n1Cc1ccc(OC(F)(F)F)cc1. The second-order valence-corrected chi connectivity index (χ2v) is 9.32. The summed E-state index contributed by atoms with van der Waals surface area (Å²) in [5.74, 6) is -0.637. The standard InChI is InChI=1S/C30H22F6N2O4/c31-29(32,33)41-24-10-3-19(4-11-24)16-38-27-14-9-23(15-26(27)37-28(38)39)22-7-1-20(2-8-22)17-40-18-21-5-12-25(13-6-21)42-30(34,35)36/h1-15H,16-18H2,(H,37,39). The molecule has 0 fully saturated rings. The Hall–Kier alpha value is -4.71. The summed E-state index contributed by atoms with van der Waals surface area (Å²) in [5, 5.41) is 0. The normalized spacial score (nSPS) is 12.0. The molecule has 0 aliphatic rings. The molecule has 218 valence electrons. The Kier molecular flexibility index (Phi) is 7.99. The van der Waals surface area contributed by atoms with Crippen LogP contribution in [0.2, 0.25) is 0 Å². The first kappa shape index (κ1) is 28.8. The number of fused-ring (bicyclic) bond motifs is 1. The van der Waals surface area contributed by atoms with E-state index >= 15 is 0 Å². The van der Waals surface area contributed by atoms with Gasteiger partial charge in [0, 0.05) is 0 Å². The summed E-state index contributed by atoms with van der Waals surface area (Å²) in [6.07, 6.45) is -9.52. The molecule has 5 rings (SSSR count). The summed E-state index contributed by atoms with van der Waals surface area (Å²) < 4.78 is 89.0. The fourth-order valence-electron chi connectivity index (χ4n) is 4.35. The number of hydrogen-bond acceptors (Lipinski definition) is 4. The van der Waals surface area contributed by atoms with E-state index in [1.807, 2.05) is 36.4 Å². The lowest BCUT2D eigenvalue weighted by molar-refractivity contribution is -0.275. The third kappa shape index (κ3) is 7.52. The van der Waals surface area contributed by atoms with E-state index in [4.69, 9.17) is 4.74 Å². The third-order valence-electron chi connectivity index (χ3n) is 6.25. The molecule has 6 nitrogen and oxygen atoms in total. The lowest BCUT2D eigenvalue weighted by Gasteiger charge is -2.10. The van der Waals surface area contributed by atoms with Crippen LogP contribution in [0.25, 0.3) is 22.2 Å². The van der Waals surface area contributed by atoms with E-state index in [9.17, 15) is 31.1 Å². The first-order chi connectivity index (χ1) is 19.9. The molecule has 4 aromatic carbocycles. The van der Waals surface area contributed by atoms with Crippen molar-refractivity contribution in [2.24, 2.45) is 0 Å². The summed E-state index contributed by atoms with van der Waals surface area (Å²) >= 11 is 0. The van der Waals surface area contributed by atoms with Crippen LogP contribution in [-0.2, 0) is 24.5 Å². The lowest BCUT2D eigenvalue weighted by Crippen LogP contribution is -2.18. The van der Waals surface area contributed by atoms with Crippen LogP contribution in [0.3, 0.4) is 0 Å². The van der Waals surface area contributed by atoms with Gasteiger partial charge in [0.1, 0.15) is 11.5 Å². The number of alkyl halides is 6. The van der Waals surface area contributed by atoms with Crippen molar-refractivity contribution >= 4 is 11.0 Å². The van der Waals surface area contributed by atoms with Gasteiger partial charge in [-0.25, -0.2) is 4.79 Å². The average Bonchev–Trinajstić information content (AvgIpc) is 3.23. The average molecular weight is 589 g/mol. The van der Waals surface area contributed by atoms with E-state index < -0.39 is 12.7 Å². The quantitative estimate of drug-likeness (QED) is 0.181. The van der Waals surface area contributed by atoms with Crippen LogP contribution < -0.4 is 15.2 Å². The highest BCUT2D eigenvalue weighted by Crippen LogP contribution is 2.26. The van der Waals surface area contributed by atoms with Crippen LogP contribution >= 0.6 is 0 Å². The van der Waals surface area contributed by atoms with Crippen LogP contribution in [0.4, 0.5) is 26.3 Å². The van der Waals surface area contributed by atoms with Gasteiger partial charge in [-0.2, -0.15) is 0 Å². The molecule has 0 unspecified atom stereocenters. The fraction of sp³-hybridized carbons (Fsp3) is 0.167. The molecule has 0 atom stereocenters. The Morgan fingerprint density at radius 2 is 1.10 bits per heavy atom. The van der Waals surface area contributed by atoms with E-state index in [1.54, 1.807) is 6.07 Å². The van der Waals surface area contributed by atoms with Gasteiger partial charge in [0.05, 0.1) is 30.8 Å². The molecule has 0 bridgehead atoms. The topological polar surface area (TPSA) is 65.5 Å². The molecule has 0 aliphatic heterocycles. The number of nitrogens with zero attached hydrogens (tertiary/aromatic N) is 1. The maximum Gasteiger partial charge on any atom is 0.573 e. The predicted octanol–water partition coefficient (Wildman–Crippen LogP) is 7.56. The van der Waals surface area contributed by atoms with Gasteiger partial charge in [-0.1, -0.05) is 54.6 Å². The Labute approximate surface area is 234 Å². The molecular weight excluding hydrogens is 566 g/mol. The van der Waals surface area contributed by atoms with Crippen molar-refractivity contribution < 1.29 is 40.6 Å². The van der Waals surface area contributed by atoms with Gasteiger partial charge < -0.3 is 19.2 Å². The number of rotatable bonds is 9. The van der Waals surface area contributed by atoms with Crippen LogP contribution in [0, 0.1) is 0 Å². The second-order valence-electron chi connectivity index (χ2n) is 9.32. The molecule has 5 aromatic rings. The van der Waals surface area contributed by atoms with Gasteiger partial charge in [0.25, 0.3) is 0 Å². The number of hydrogen-bond donors (Lipinski definition) is 1. The van der Waals surface area contributed by atoms with E-state index in [0.29, 0.717) is 28.8 Å². The number of benzene rings is 4. The van der Waals surface area contributed by atoms with Gasteiger partial charge in [-0.15, -0.1) is 26.3 Å². The van der Waals surface area contributed by atoms with Crippen LogP contribution in [0.5, 0.6) is 11.5 Å². The first-order valence-electron chi connectivity index (χ1n) is 12.5. The number of imidazole rings is 1. The maximum absolute atomic E-state index is 12.6. The summed E-state index contributed by atoms with van der Waals surface area (Å²) in [7, 11) is 0. The molecule has 1 N–H and O–H groups in total. The van der Waals surface area contributed by atoms with Crippen molar-refractivity contribution in [1.29, 1.82) is 0 Å². The number of ether oxygens (including phenoxy) is 3. The zero-order valence-corrected chi connectivity index (χ0v) is 21.6. The molecule has 0 radical (unpaired) electrons. The van der Waals surface area contributed by atoms with Gasteiger partial charge in [0.2, 0.25) is 0 Å². The third-order valence-corrected chi connectivity index (χ3v) is 6.25. The highest BCUT2D eigenvalue weighted by atomic mass is 19.4. The zero-order valence-electron chi connectivity index (χ0n) is 21.6. The van der Waals surface area contributed by atoms with E-state index in [-0.39, 0.29) is 30.3 Å². The van der Waals surface area contributed by atoms with Crippen LogP contribution in [0.15, 0.2) is 95.8 Å². The summed E-state index contributed by atoms with van der Waals surface area (Å²) in [6, 6.07) is 23.9. The minimum atomic E-state index is -4.78. The molecule has 42 heavy (non-hydrogen) atoms. The molecule has 1 heterocycles. The number of halogens is 6. The maximum atomic E-state index is 12.6. The van der Waals surface area contributed by atoms with Gasteiger partial charge >= 0.3 is 18.4 Å². The van der Waals surface area contributed by atoms with Crippen molar-refractivity contribution in [1.82, 2.24) is 9.55 Å². The van der Waals surface area contributed by atoms with Gasteiger partial charge in [-0.3, -0.25) is 4.57 Å². The van der Waals surface area contributed by atoms with Crippen molar-refractivity contribution in [2.75, 3.05) is 0 Å². The van der Waals surface area contributed by atoms with E-state index in [0.717, 1.165) is 16.7 Å². The smallest absolute Gasteiger partial charge is 0.406 e. The highest BCUT2D eigenvalue weighted by molar-refractivity contribution is 5.82. The molecule has 1 aromatic heterocycles. The lowest BCUT2D eigenvalue weighted by atomic mass is 10.0. The fourth-order valence-corrected chi connectivity index (χ4v) is 4.35. The van der Waals surface area contributed by atoms with Gasteiger partial charge in [0.15, 0.2) is 0 Å². The molecule has 12 heteroatoms. The molecule has 0 saturated carbocycles. The summed E-state index contributed by atoms with van der Waals surface area (Å²) in [6.45, 7) is 0.658. The van der Waals surface area contributed by atoms with Crippen molar-refractivity contribution in [2.45, 2.75) is 32.5 Å². The molecule has 0 spiro atoms. The number of H-pyrrole nitrogens is 1. The monoisotopic (exact) mass is 588 g/mol. The largest absolute Gasteiger partial charge is 0.573 e. The van der Waals surface area contributed by atoms with E-state index in [2.05, 4.69) is 14.5 Å². The number of nitrogens with one attached hydrogen (secondary N) is 1. The van der Waals surface area contributed by atoms with Crippen molar-refractivity contribution in [3.05, 3.63) is 118 Å². The highest BCUT2D eigenvalue weighted by Gasteiger charge is 2.31. The molecular formula is C30H22F6N2O4. The minimum Gasteiger partial charge on any atom is -0.406 e. The number of aromatic nitrogens is 2. The Morgan fingerprint density at radius 1 is 0.619 bits per heavy atom. The molecule has 0 amide bonds. The molecule has 0 saturated heterocycles. The van der Waals surface area contributed by atoms with Crippen LogP contribution in [-0.4, -0.2) is 22.3 Å². The number of aromatic amines is 1. The van der Waals surface area contributed by atoms with Crippen LogP contribution in [0.1, 0.15) is 16.7 Å². The van der Waals surface area contributed by atoms with Crippen molar-refractivity contribution in [3.8, 4) is 22.6 Å². The first-order valence-corrected chi connectivity index (χ1v) is 12.5. The molecule has 0 aliphatic carbocycles. The Bertz CT molecular complexity index is 1710. The summed E-state index contributed by atoms with van der Waals surface area (Å²) in [4.78, 5) is 15.5. The predicted molar refractivity (Wildman–Crippen MR) is 142 cm³/mol. The second kappa shape index (κ2) is 11.6.